The molecule has 0 N–H and O–H groups in total. The Balaban J connectivity index is 1.36. The number of ketones is 1. The lowest BCUT2D eigenvalue weighted by atomic mass is 9.58. The average Bonchev–Trinajstić information content (AvgIpc) is 3.09. The lowest BCUT2D eigenvalue weighted by molar-refractivity contribution is -0.121. The quantitative estimate of drug-likeness (QED) is 0.195. The zero-order valence-electron chi connectivity index (χ0n) is 26.1. The zero-order valence-corrected chi connectivity index (χ0v) is 26.1. The second-order valence-corrected chi connectivity index (χ2v) is 12.5. The minimum absolute atomic E-state index is 0.0166. The van der Waals surface area contributed by atoms with E-state index >= 15 is 0 Å². The zero-order chi connectivity index (χ0) is 32.0. The van der Waals surface area contributed by atoms with Gasteiger partial charge in [0, 0.05) is 58.8 Å². The summed E-state index contributed by atoms with van der Waals surface area (Å²) in [6, 6.07) is 27.5. The summed E-state index contributed by atoms with van der Waals surface area (Å²) >= 11 is 0. The third-order valence-corrected chi connectivity index (χ3v) is 9.72. The predicted molar refractivity (Wildman–Crippen MR) is 178 cm³/mol. The largest absolute Gasteiger partial charge is 0.337 e. The number of nitrogens with zero attached hydrogens (tertiary/aromatic N) is 5. The van der Waals surface area contributed by atoms with Crippen molar-refractivity contribution in [2.75, 3.05) is 7.05 Å². The van der Waals surface area contributed by atoms with Gasteiger partial charge in [-0.3, -0.25) is 9.78 Å². The van der Waals surface area contributed by atoms with Crippen molar-refractivity contribution in [2.24, 2.45) is 11.8 Å². The third kappa shape index (κ3) is 4.87. The van der Waals surface area contributed by atoms with Crippen molar-refractivity contribution in [2.45, 2.75) is 38.6 Å². The van der Waals surface area contributed by atoms with Gasteiger partial charge in [0.2, 0.25) is 5.70 Å². The van der Waals surface area contributed by atoms with Crippen LogP contribution in [0.4, 0.5) is 0 Å². The first-order valence-corrected chi connectivity index (χ1v) is 15.6. The molecular formula is C39H33N5O2. The van der Waals surface area contributed by atoms with E-state index < -0.39 is 5.41 Å². The van der Waals surface area contributed by atoms with E-state index in [1.54, 1.807) is 11.1 Å². The Labute approximate surface area is 268 Å². The van der Waals surface area contributed by atoms with Gasteiger partial charge in [-0.15, -0.1) is 0 Å². The third-order valence-electron chi connectivity index (χ3n) is 9.72. The van der Waals surface area contributed by atoms with Gasteiger partial charge in [-0.1, -0.05) is 80.6 Å². The summed E-state index contributed by atoms with van der Waals surface area (Å²) in [4.78, 5) is 46.8. The predicted octanol–water partition coefficient (Wildman–Crippen LogP) is 7.47. The molecule has 2 heterocycles. The molecule has 226 valence electrons. The van der Waals surface area contributed by atoms with E-state index in [9.17, 15) is 9.59 Å². The highest BCUT2D eigenvalue weighted by Gasteiger charge is 2.49. The number of para-hydroxylation sites is 1. The number of hydrogen-bond donors (Lipinski definition) is 0. The normalized spacial score (nSPS) is 20.3. The monoisotopic (exact) mass is 603 g/mol. The molecule has 2 aromatic heterocycles. The Morgan fingerprint density at radius 2 is 1.74 bits per heavy atom. The van der Waals surface area contributed by atoms with Gasteiger partial charge in [0.05, 0.1) is 23.5 Å². The number of benzene rings is 3. The fourth-order valence-corrected chi connectivity index (χ4v) is 7.32. The van der Waals surface area contributed by atoms with Crippen LogP contribution in [0.5, 0.6) is 0 Å². The maximum absolute atomic E-state index is 13.3. The molecule has 3 atom stereocenters. The summed E-state index contributed by atoms with van der Waals surface area (Å²) in [5.41, 5.74) is 6.50. The van der Waals surface area contributed by atoms with Gasteiger partial charge in [-0.25, -0.2) is 14.8 Å². The Kier molecular flexibility index (Phi) is 7.29. The number of Topliss-reactive ketones (excluding diaryl/α,β-unsaturated/α-hetero) is 1. The number of carbonyl (C=O) groups excluding carboxylic acids is 2. The number of amides is 1. The summed E-state index contributed by atoms with van der Waals surface area (Å²) in [5.74, 6) is 0.154. The van der Waals surface area contributed by atoms with E-state index in [-0.39, 0.29) is 29.2 Å². The van der Waals surface area contributed by atoms with E-state index in [2.05, 4.69) is 16.8 Å². The molecule has 0 radical (unpaired) electrons. The number of aromatic nitrogens is 3. The van der Waals surface area contributed by atoms with Crippen LogP contribution in [0.2, 0.25) is 0 Å². The first-order chi connectivity index (χ1) is 22.3. The van der Waals surface area contributed by atoms with Crippen molar-refractivity contribution in [3.8, 4) is 22.6 Å². The van der Waals surface area contributed by atoms with Gasteiger partial charge in [0.25, 0.3) is 5.91 Å². The number of allylic oxidation sites excluding steroid dienone is 2. The molecular weight excluding hydrogens is 570 g/mol. The van der Waals surface area contributed by atoms with E-state index in [4.69, 9.17) is 16.5 Å². The van der Waals surface area contributed by atoms with Crippen LogP contribution >= 0.6 is 0 Å². The van der Waals surface area contributed by atoms with Gasteiger partial charge in [0.15, 0.2) is 11.6 Å². The summed E-state index contributed by atoms with van der Waals surface area (Å²) in [6.45, 7) is 12.3. The van der Waals surface area contributed by atoms with Gasteiger partial charge in [-0.2, -0.15) is 0 Å². The molecule has 0 unspecified atom stereocenters. The molecule has 1 amide bonds. The van der Waals surface area contributed by atoms with Crippen molar-refractivity contribution >= 4 is 22.6 Å². The van der Waals surface area contributed by atoms with E-state index in [0.717, 1.165) is 51.0 Å². The van der Waals surface area contributed by atoms with Crippen LogP contribution in [-0.4, -0.2) is 38.6 Å². The molecule has 2 aliphatic rings. The Morgan fingerprint density at radius 3 is 2.50 bits per heavy atom. The molecule has 46 heavy (non-hydrogen) atoms. The molecule has 5 aromatic rings. The van der Waals surface area contributed by atoms with Crippen molar-refractivity contribution in [1.82, 2.24) is 19.9 Å². The summed E-state index contributed by atoms with van der Waals surface area (Å²) in [5, 5.41) is 0.945. The molecule has 7 rings (SSSR count). The fraction of sp³-hybridized carbons (Fsp3) is 0.231. The molecule has 0 fully saturated rings. The number of carbonyl (C=O) groups is 2. The first kappa shape index (κ1) is 29.2. The van der Waals surface area contributed by atoms with Crippen LogP contribution in [0.15, 0.2) is 103 Å². The Morgan fingerprint density at radius 1 is 1.00 bits per heavy atom. The standard InChI is InChI=1S/C39H33N5O2/c1-24-31-19-18-30-34(26-14-16-27(17-15-26)38(46)44(4)23-25-10-6-5-7-11-25)42-37(29-20-21-41-32-13-9-8-12-28(29)32)43-36(30)39(31,2)22-33(40-3)35(24)45/h5-17,20-22,24,31H,18-19,23H2,1-2,4H3/t24-,31-,39-/m1/s1. The molecule has 2 aliphatic carbocycles. The second kappa shape index (κ2) is 11.5. The number of fused-ring (bicyclic) bond motifs is 4. The van der Waals surface area contributed by atoms with Crippen molar-refractivity contribution in [1.29, 1.82) is 0 Å². The lowest BCUT2D eigenvalue weighted by Gasteiger charge is -2.46. The van der Waals surface area contributed by atoms with Gasteiger partial charge in [0.1, 0.15) is 0 Å². The fourth-order valence-electron chi connectivity index (χ4n) is 7.32. The van der Waals surface area contributed by atoms with Crippen molar-refractivity contribution in [3.63, 3.8) is 0 Å². The van der Waals surface area contributed by atoms with Crippen LogP contribution < -0.4 is 0 Å². The molecule has 0 spiro atoms. The van der Waals surface area contributed by atoms with Crippen LogP contribution in [-0.2, 0) is 23.2 Å². The van der Waals surface area contributed by atoms with E-state index in [1.165, 1.54) is 0 Å². The maximum atomic E-state index is 13.3. The molecule has 3 aromatic carbocycles. The smallest absolute Gasteiger partial charge is 0.253 e. The van der Waals surface area contributed by atoms with Gasteiger partial charge in [-0.05, 0) is 48.6 Å². The molecule has 7 heteroatoms. The van der Waals surface area contributed by atoms with E-state index in [1.807, 2.05) is 105 Å². The minimum Gasteiger partial charge on any atom is -0.337 e. The number of hydrogen-bond acceptors (Lipinski definition) is 5. The Hall–Kier alpha value is -5.48. The number of rotatable bonds is 5. The lowest BCUT2D eigenvalue weighted by Crippen LogP contribution is -2.46. The highest BCUT2D eigenvalue weighted by molar-refractivity contribution is 6.00. The molecule has 0 saturated heterocycles. The molecule has 0 aliphatic heterocycles. The van der Waals surface area contributed by atoms with Crippen LogP contribution in [0, 0.1) is 18.4 Å². The van der Waals surface area contributed by atoms with Crippen LogP contribution in [0.25, 0.3) is 38.4 Å². The highest BCUT2D eigenvalue weighted by Crippen LogP contribution is 2.51. The second-order valence-electron chi connectivity index (χ2n) is 12.5. The van der Waals surface area contributed by atoms with Crippen LogP contribution in [0.1, 0.15) is 47.4 Å². The highest BCUT2D eigenvalue weighted by atomic mass is 16.2. The van der Waals surface area contributed by atoms with Crippen LogP contribution in [0.3, 0.4) is 0 Å². The Bertz CT molecular complexity index is 2080. The first-order valence-electron chi connectivity index (χ1n) is 15.6. The molecule has 0 bridgehead atoms. The summed E-state index contributed by atoms with van der Waals surface area (Å²) in [7, 11) is 1.81. The van der Waals surface area contributed by atoms with Gasteiger partial charge < -0.3 is 9.69 Å². The summed E-state index contributed by atoms with van der Waals surface area (Å²) in [6.07, 6.45) is 5.12. The van der Waals surface area contributed by atoms with Gasteiger partial charge >= 0.3 is 0 Å². The SMILES string of the molecule is [C-]#[N+]C1=C[C@@]2(C)c3nc(-c4ccnc5ccccc45)nc(-c4ccc(C(=O)N(C)Cc5ccccc5)cc4)c3CC[C@@H]2[C@@H](C)C1=O. The number of pyridine rings is 1. The summed E-state index contributed by atoms with van der Waals surface area (Å²) < 4.78 is 0. The molecule has 0 saturated carbocycles. The molecule has 7 nitrogen and oxygen atoms in total. The minimum atomic E-state index is -0.619. The topological polar surface area (TPSA) is 80.4 Å². The maximum Gasteiger partial charge on any atom is 0.253 e. The average molecular weight is 604 g/mol. The van der Waals surface area contributed by atoms with Crippen molar-refractivity contribution < 1.29 is 9.59 Å². The van der Waals surface area contributed by atoms with E-state index in [0.29, 0.717) is 24.4 Å². The van der Waals surface area contributed by atoms with Crippen molar-refractivity contribution in [3.05, 3.63) is 137 Å².